The fourth-order valence-corrected chi connectivity index (χ4v) is 3.21. The van der Waals surface area contributed by atoms with E-state index < -0.39 is 0 Å². The van der Waals surface area contributed by atoms with Crippen molar-refractivity contribution in [2.24, 2.45) is 4.99 Å². The summed E-state index contributed by atoms with van der Waals surface area (Å²) in [6.45, 7) is 7.79. The Morgan fingerprint density at radius 2 is 1.85 bits per heavy atom. The number of Topliss-reactive ketones (excluding diaryl/α,β-unsaturated/α-hetero) is 1. The molecule has 134 valence electrons. The Balaban J connectivity index is 1.95. The number of ketones is 1. The van der Waals surface area contributed by atoms with Crippen LogP contribution in [0, 0.1) is 5.82 Å². The Bertz CT molecular complexity index is 924. The lowest BCUT2D eigenvalue weighted by molar-refractivity contribution is 0.101. The van der Waals surface area contributed by atoms with E-state index in [0.29, 0.717) is 16.8 Å². The molecule has 0 amide bonds. The molecule has 0 radical (unpaired) electrons. The molecule has 26 heavy (non-hydrogen) atoms. The topological polar surface area (TPSA) is 32.7 Å². The number of benzene rings is 2. The van der Waals surface area contributed by atoms with Crippen LogP contribution in [0.1, 0.15) is 49.2 Å². The molecule has 0 N–H and O–H groups in total. The number of hydrogen-bond donors (Lipinski definition) is 0. The van der Waals surface area contributed by atoms with Gasteiger partial charge in [-0.05, 0) is 69.7 Å². The zero-order valence-electron chi connectivity index (χ0n) is 15.8. The van der Waals surface area contributed by atoms with Gasteiger partial charge in [0.15, 0.2) is 5.78 Å². The molecule has 2 aromatic carbocycles. The van der Waals surface area contributed by atoms with Gasteiger partial charge in [-0.3, -0.25) is 9.79 Å². The van der Waals surface area contributed by atoms with Gasteiger partial charge >= 0.3 is 0 Å². The van der Waals surface area contributed by atoms with E-state index in [1.54, 1.807) is 30.3 Å². The van der Waals surface area contributed by atoms with Crippen LogP contribution >= 0.6 is 0 Å². The Morgan fingerprint density at radius 1 is 1.19 bits per heavy atom. The predicted molar refractivity (Wildman–Crippen MR) is 106 cm³/mol. The van der Waals surface area contributed by atoms with Crippen molar-refractivity contribution in [2.45, 2.75) is 33.2 Å². The van der Waals surface area contributed by atoms with Crippen molar-refractivity contribution < 1.29 is 9.18 Å². The monoisotopic (exact) mass is 350 g/mol. The first-order valence-corrected chi connectivity index (χ1v) is 8.61. The number of allylic oxidation sites excluding steroid dienone is 1. The van der Waals surface area contributed by atoms with Crippen LogP contribution in [0.15, 0.2) is 47.5 Å². The molecular formula is C22H23FN2O. The number of fused-ring (bicyclic) bond motifs is 1. The van der Waals surface area contributed by atoms with Crippen molar-refractivity contribution in [3.63, 3.8) is 0 Å². The number of aliphatic imine (C=N–C) groups is 1. The minimum atomic E-state index is -0.301. The lowest BCUT2D eigenvalue weighted by atomic mass is 9.88. The number of hydrogen-bond acceptors (Lipinski definition) is 3. The standard InChI is InChI=1S/C22H23FN2O/c1-14-12-22(3,4)25(5)21-11-20(23)17(10-19(14)21)13-24-18-8-6-16(7-9-18)15(2)26/h6-13H,1-5H3. The molecule has 0 fully saturated rings. The first-order chi connectivity index (χ1) is 12.2. The quantitative estimate of drug-likeness (QED) is 0.548. The van der Waals surface area contributed by atoms with Gasteiger partial charge in [0.1, 0.15) is 5.82 Å². The van der Waals surface area contributed by atoms with E-state index in [9.17, 15) is 9.18 Å². The summed E-state index contributed by atoms with van der Waals surface area (Å²) in [5, 5.41) is 0. The molecule has 1 heterocycles. The van der Waals surface area contributed by atoms with Gasteiger partial charge in [-0.15, -0.1) is 0 Å². The molecule has 1 aliphatic rings. The molecule has 2 aromatic rings. The third kappa shape index (κ3) is 3.32. The van der Waals surface area contributed by atoms with Gasteiger partial charge in [0.2, 0.25) is 0 Å². The van der Waals surface area contributed by atoms with Crippen molar-refractivity contribution in [3.05, 3.63) is 65.0 Å². The molecule has 0 aliphatic carbocycles. The summed E-state index contributed by atoms with van der Waals surface area (Å²) in [5.74, 6) is -0.291. The maximum Gasteiger partial charge on any atom is 0.159 e. The molecule has 3 rings (SSSR count). The number of halogens is 1. The summed E-state index contributed by atoms with van der Waals surface area (Å²) in [4.78, 5) is 17.8. The Hall–Kier alpha value is -2.75. The second-order valence-corrected chi connectivity index (χ2v) is 7.29. The highest BCUT2D eigenvalue weighted by Gasteiger charge is 2.29. The Morgan fingerprint density at radius 3 is 2.46 bits per heavy atom. The van der Waals surface area contributed by atoms with Crippen LogP contribution in [-0.2, 0) is 0 Å². The van der Waals surface area contributed by atoms with E-state index in [-0.39, 0.29) is 17.1 Å². The molecule has 1 aliphatic heterocycles. The maximum atomic E-state index is 14.6. The number of carbonyl (C=O) groups excluding carboxylic acids is 1. The number of rotatable bonds is 3. The third-order valence-corrected chi connectivity index (χ3v) is 4.96. The Kier molecular flexibility index (Phi) is 4.53. The lowest BCUT2D eigenvalue weighted by Gasteiger charge is -2.40. The summed E-state index contributed by atoms with van der Waals surface area (Å²) in [7, 11) is 1.98. The van der Waals surface area contributed by atoms with Crippen LogP contribution in [0.5, 0.6) is 0 Å². The van der Waals surface area contributed by atoms with Crippen LogP contribution in [-0.4, -0.2) is 24.6 Å². The number of likely N-dealkylation sites (N-methyl/N-ethyl adjacent to an activating group) is 1. The molecule has 0 spiro atoms. The SMILES string of the molecule is CC(=O)c1ccc(N=Cc2cc3c(cc2F)N(C)C(C)(C)C=C3C)cc1. The second kappa shape index (κ2) is 6.52. The largest absolute Gasteiger partial charge is 0.365 e. The van der Waals surface area contributed by atoms with Crippen LogP contribution in [0.2, 0.25) is 0 Å². The van der Waals surface area contributed by atoms with Crippen molar-refractivity contribution in [3.8, 4) is 0 Å². The van der Waals surface area contributed by atoms with Crippen molar-refractivity contribution >= 4 is 28.9 Å². The number of anilines is 1. The van der Waals surface area contributed by atoms with Crippen LogP contribution in [0.4, 0.5) is 15.8 Å². The molecule has 4 heteroatoms. The van der Waals surface area contributed by atoms with Gasteiger partial charge in [0, 0.05) is 35.6 Å². The van der Waals surface area contributed by atoms with E-state index in [4.69, 9.17) is 0 Å². The fourth-order valence-electron chi connectivity index (χ4n) is 3.21. The molecule has 0 unspecified atom stereocenters. The van der Waals surface area contributed by atoms with Crippen LogP contribution < -0.4 is 4.90 Å². The number of nitrogens with zero attached hydrogens (tertiary/aromatic N) is 2. The van der Waals surface area contributed by atoms with Crippen molar-refractivity contribution in [2.75, 3.05) is 11.9 Å². The van der Waals surface area contributed by atoms with E-state index in [0.717, 1.165) is 16.8 Å². The smallest absolute Gasteiger partial charge is 0.159 e. The molecule has 0 aromatic heterocycles. The average molecular weight is 350 g/mol. The number of carbonyl (C=O) groups is 1. The molecule has 3 nitrogen and oxygen atoms in total. The summed E-state index contributed by atoms with van der Waals surface area (Å²) in [5.41, 5.74) is 4.63. The highest BCUT2D eigenvalue weighted by molar-refractivity contribution is 5.94. The normalized spacial score (nSPS) is 15.8. The highest BCUT2D eigenvalue weighted by atomic mass is 19.1. The average Bonchev–Trinajstić information content (AvgIpc) is 2.58. The van der Waals surface area contributed by atoms with Gasteiger partial charge < -0.3 is 4.90 Å². The van der Waals surface area contributed by atoms with E-state index in [1.807, 2.05) is 20.0 Å². The zero-order chi connectivity index (χ0) is 19.1. The van der Waals surface area contributed by atoms with Gasteiger partial charge in [-0.2, -0.15) is 0 Å². The van der Waals surface area contributed by atoms with E-state index in [1.165, 1.54) is 13.1 Å². The van der Waals surface area contributed by atoms with E-state index in [2.05, 4.69) is 29.8 Å². The van der Waals surface area contributed by atoms with Crippen molar-refractivity contribution in [1.29, 1.82) is 0 Å². The van der Waals surface area contributed by atoms with E-state index >= 15 is 0 Å². The highest BCUT2D eigenvalue weighted by Crippen LogP contribution is 2.38. The fraction of sp³-hybridized carbons (Fsp3) is 0.273. The second-order valence-electron chi connectivity index (χ2n) is 7.29. The minimum absolute atomic E-state index is 0.00978. The third-order valence-electron chi connectivity index (χ3n) is 4.96. The lowest BCUT2D eigenvalue weighted by Crippen LogP contribution is -2.42. The predicted octanol–water partition coefficient (Wildman–Crippen LogP) is 5.41. The zero-order valence-corrected chi connectivity index (χ0v) is 15.8. The molecule has 0 saturated heterocycles. The first kappa shape index (κ1) is 18.1. The van der Waals surface area contributed by atoms with Gasteiger partial charge in [-0.1, -0.05) is 6.08 Å². The summed E-state index contributed by atoms with van der Waals surface area (Å²) >= 11 is 0. The van der Waals surface area contributed by atoms with Gasteiger partial charge in [-0.25, -0.2) is 4.39 Å². The summed E-state index contributed by atoms with van der Waals surface area (Å²) in [6, 6.07) is 10.4. The molecule has 0 atom stereocenters. The van der Waals surface area contributed by atoms with Crippen LogP contribution in [0.3, 0.4) is 0 Å². The van der Waals surface area contributed by atoms with Crippen molar-refractivity contribution in [1.82, 2.24) is 0 Å². The Labute approximate surface area is 153 Å². The summed E-state index contributed by atoms with van der Waals surface area (Å²) < 4.78 is 14.6. The first-order valence-electron chi connectivity index (χ1n) is 8.61. The molecular weight excluding hydrogens is 327 g/mol. The van der Waals surface area contributed by atoms with Gasteiger partial charge in [0.25, 0.3) is 0 Å². The van der Waals surface area contributed by atoms with Gasteiger partial charge in [0.05, 0.1) is 11.2 Å². The van der Waals surface area contributed by atoms with Crippen LogP contribution in [0.25, 0.3) is 5.57 Å². The maximum absolute atomic E-state index is 14.6. The minimum Gasteiger partial charge on any atom is -0.365 e. The molecule has 0 saturated carbocycles. The summed E-state index contributed by atoms with van der Waals surface area (Å²) in [6.07, 6.45) is 3.72. The molecule has 0 bridgehead atoms.